The van der Waals surface area contributed by atoms with Crippen molar-refractivity contribution in [1.29, 1.82) is 0 Å². The Morgan fingerprint density at radius 3 is 2.96 bits per heavy atom. The van der Waals surface area contributed by atoms with Crippen molar-refractivity contribution < 1.29 is 9.32 Å². The van der Waals surface area contributed by atoms with E-state index in [0.29, 0.717) is 35.5 Å². The number of thiophene rings is 1. The number of amides is 1. The molecule has 8 heteroatoms. The summed E-state index contributed by atoms with van der Waals surface area (Å²) in [6, 6.07) is 7.30. The third kappa shape index (κ3) is 3.72. The van der Waals surface area contributed by atoms with Gasteiger partial charge in [-0.2, -0.15) is 4.98 Å². The predicted molar refractivity (Wildman–Crippen MR) is 87.4 cm³/mol. The van der Waals surface area contributed by atoms with E-state index in [1.807, 2.05) is 17.5 Å². The Labute approximate surface area is 136 Å². The standard InChI is InChI=1S/C15H15N5O2S/c1-10-19-15(22-20-10)11-4-2-6-16-13(11)17-7-8-18-14(21)12-5-3-9-23-12/h2-6,9H,7-8H2,1H3,(H,16,17)(H,18,21). The number of rotatable bonds is 6. The van der Waals surface area contributed by atoms with Gasteiger partial charge in [-0.1, -0.05) is 11.2 Å². The smallest absolute Gasteiger partial charge is 0.261 e. The van der Waals surface area contributed by atoms with Gasteiger partial charge in [-0.15, -0.1) is 11.3 Å². The van der Waals surface area contributed by atoms with Crippen molar-refractivity contribution in [3.8, 4) is 11.5 Å². The van der Waals surface area contributed by atoms with E-state index in [1.165, 1.54) is 11.3 Å². The van der Waals surface area contributed by atoms with Gasteiger partial charge >= 0.3 is 0 Å². The molecule has 0 unspecified atom stereocenters. The van der Waals surface area contributed by atoms with Gasteiger partial charge in [0.2, 0.25) is 0 Å². The molecule has 118 valence electrons. The summed E-state index contributed by atoms with van der Waals surface area (Å²) in [5.74, 6) is 1.55. The number of aryl methyl sites for hydroxylation is 1. The summed E-state index contributed by atoms with van der Waals surface area (Å²) in [6.07, 6.45) is 1.68. The SMILES string of the molecule is Cc1noc(-c2cccnc2NCCNC(=O)c2cccs2)n1. The van der Waals surface area contributed by atoms with Crippen LogP contribution >= 0.6 is 11.3 Å². The van der Waals surface area contributed by atoms with Crippen LogP contribution in [0.4, 0.5) is 5.82 Å². The summed E-state index contributed by atoms with van der Waals surface area (Å²) < 4.78 is 5.18. The lowest BCUT2D eigenvalue weighted by Gasteiger charge is -2.09. The summed E-state index contributed by atoms with van der Waals surface area (Å²) in [6.45, 7) is 2.78. The van der Waals surface area contributed by atoms with Crippen LogP contribution in [0.3, 0.4) is 0 Å². The highest BCUT2D eigenvalue weighted by Gasteiger charge is 2.12. The highest BCUT2D eigenvalue weighted by Crippen LogP contribution is 2.23. The largest absolute Gasteiger partial charge is 0.368 e. The first kappa shape index (κ1) is 15.2. The lowest BCUT2D eigenvalue weighted by molar-refractivity contribution is 0.0959. The highest BCUT2D eigenvalue weighted by atomic mass is 32.1. The first-order valence-corrected chi connectivity index (χ1v) is 7.93. The van der Waals surface area contributed by atoms with Gasteiger partial charge in [0.05, 0.1) is 10.4 Å². The fourth-order valence-electron chi connectivity index (χ4n) is 1.98. The quantitative estimate of drug-likeness (QED) is 0.674. The minimum absolute atomic E-state index is 0.0735. The predicted octanol–water partition coefficient (Wildman–Crippen LogP) is 2.34. The molecular formula is C15H15N5O2S. The van der Waals surface area contributed by atoms with E-state index in [-0.39, 0.29) is 5.91 Å². The van der Waals surface area contributed by atoms with Gasteiger partial charge in [0, 0.05) is 19.3 Å². The molecule has 3 aromatic rings. The molecule has 0 saturated heterocycles. The van der Waals surface area contributed by atoms with Crippen molar-refractivity contribution in [2.24, 2.45) is 0 Å². The summed E-state index contributed by atoms with van der Waals surface area (Å²) in [5, 5.41) is 11.7. The summed E-state index contributed by atoms with van der Waals surface area (Å²) in [7, 11) is 0. The van der Waals surface area contributed by atoms with Crippen LogP contribution in [0.5, 0.6) is 0 Å². The topological polar surface area (TPSA) is 92.9 Å². The average molecular weight is 329 g/mol. The molecule has 2 N–H and O–H groups in total. The Morgan fingerprint density at radius 1 is 1.30 bits per heavy atom. The third-order valence-corrected chi connectivity index (χ3v) is 3.88. The number of nitrogens with zero attached hydrogens (tertiary/aromatic N) is 3. The number of hydrogen-bond acceptors (Lipinski definition) is 7. The van der Waals surface area contributed by atoms with Gasteiger partial charge in [0.15, 0.2) is 5.82 Å². The molecule has 0 fully saturated rings. The number of anilines is 1. The average Bonchev–Trinajstić information content (AvgIpc) is 3.23. The normalized spacial score (nSPS) is 10.5. The van der Waals surface area contributed by atoms with Gasteiger partial charge in [0.25, 0.3) is 11.8 Å². The Kier molecular flexibility index (Phi) is 4.62. The molecule has 1 amide bonds. The molecule has 0 aliphatic carbocycles. The zero-order valence-electron chi connectivity index (χ0n) is 12.4. The number of aromatic nitrogens is 3. The molecule has 0 saturated carbocycles. The number of carbonyl (C=O) groups excluding carboxylic acids is 1. The second-order valence-electron chi connectivity index (χ2n) is 4.71. The molecule has 0 aliphatic heterocycles. The van der Waals surface area contributed by atoms with Crippen LogP contribution in [-0.2, 0) is 0 Å². The van der Waals surface area contributed by atoms with Gasteiger partial charge < -0.3 is 15.2 Å². The van der Waals surface area contributed by atoms with Gasteiger partial charge in [-0.05, 0) is 30.5 Å². The van der Waals surface area contributed by atoms with Crippen LogP contribution in [0.2, 0.25) is 0 Å². The Bertz CT molecular complexity index is 785. The molecule has 0 spiro atoms. The minimum Gasteiger partial charge on any atom is -0.368 e. The van der Waals surface area contributed by atoms with Crippen LogP contribution in [0.25, 0.3) is 11.5 Å². The molecule has 0 radical (unpaired) electrons. The molecule has 0 aliphatic rings. The maximum atomic E-state index is 11.8. The van der Waals surface area contributed by atoms with E-state index in [2.05, 4.69) is 25.8 Å². The Hall–Kier alpha value is -2.74. The Balaban J connectivity index is 1.57. The van der Waals surface area contributed by atoms with E-state index < -0.39 is 0 Å². The fourth-order valence-corrected chi connectivity index (χ4v) is 2.62. The van der Waals surface area contributed by atoms with Gasteiger partial charge in [-0.25, -0.2) is 4.98 Å². The van der Waals surface area contributed by atoms with Crippen LogP contribution < -0.4 is 10.6 Å². The summed E-state index contributed by atoms with van der Waals surface area (Å²) in [5.41, 5.74) is 0.734. The van der Waals surface area contributed by atoms with E-state index in [9.17, 15) is 4.79 Å². The monoisotopic (exact) mass is 329 g/mol. The second-order valence-corrected chi connectivity index (χ2v) is 5.65. The van der Waals surface area contributed by atoms with Gasteiger partial charge in [0.1, 0.15) is 5.82 Å². The first-order valence-electron chi connectivity index (χ1n) is 7.05. The van der Waals surface area contributed by atoms with E-state index >= 15 is 0 Å². The van der Waals surface area contributed by atoms with Gasteiger partial charge in [-0.3, -0.25) is 4.79 Å². The lowest BCUT2D eigenvalue weighted by atomic mass is 10.2. The molecule has 3 aromatic heterocycles. The molecule has 3 rings (SSSR count). The maximum absolute atomic E-state index is 11.8. The molecule has 23 heavy (non-hydrogen) atoms. The van der Waals surface area contributed by atoms with E-state index in [0.717, 1.165) is 5.56 Å². The van der Waals surface area contributed by atoms with Crippen LogP contribution in [0.1, 0.15) is 15.5 Å². The van der Waals surface area contributed by atoms with Crippen molar-refractivity contribution in [3.63, 3.8) is 0 Å². The second kappa shape index (κ2) is 7.01. The third-order valence-electron chi connectivity index (χ3n) is 3.01. The molecule has 7 nitrogen and oxygen atoms in total. The molecule has 3 heterocycles. The summed E-state index contributed by atoms with van der Waals surface area (Å²) >= 11 is 1.42. The number of carbonyl (C=O) groups is 1. The van der Waals surface area contributed by atoms with Crippen molar-refractivity contribution in [1.82, 2.24) is 20.4 Å². The van der Waals surface area contributed by atoms with Crippen molar-refractivity contribution in [2.45, 2.75) is 6.92 Å². The zero-order valence-corrected chi connectivity index (χ0v) is 13.3. The van der Waals surface area contributed by atoms with Crippen molar-refractivity contribution >= 4 is 23.1 Å². The molecule has 0 bridgehead atoms. The van der Waals surface area contributed by atoms with Crippen molar-refractivity contribution in [2.75, 3.05) is 18.4 Å². The van der Waals surface area contributed by atoms with Crippen LogP contribution in [0, 0.1) is 6.92 Å². The van der Waals surface area contributed by atoms with Crippen LogP contribution in [-0.4, -0.2) is 34.1 Å². The van der Waals surface area contributed by atoms with Crippen LogP contribution in [0.15, 0.2) is 40.4 Å². The Morgan fingerprint density at radius 2 is 2.22 bits per heavy atom. The number of nitrogens with one attached hydrogen (secondary N) is 2. The minimum atomic E-state index is -0.0735. The lowest BCUT2D eigenvalue weighted by Crippen LogP contribution is -2.28. The zero-order chi connectivity index (χ0) is 16.1. The van der Waals surface area contributed by atoms with E-state index in [1.54, 1.807) is 25.3 Å². The first-order chi connectivity index (χ1) is 11.2. The highest BCUT2D eigenvalue weighted by molar-refractivity contribution is 7.12. The fraction of sp³-hybridized carbons (Fsp3) is 0.200. The summed E-state index contributed by atoms with van der Waals surface area (Å²) in [4.78, 5) is 21.0. The number of hydrogen-bond donors (Lipinski definition) is 2. The molecular weight excluding hydrogens is 314 g/mol. The molecule has 0 atom stereocenters. The molecule has 0 aromatic carbocycles. The maximum Gasteiger partial charge on any atom is 0.261 e. The van der Waals surface area contributed by atoms with E-state index in [4.69, 9.17) is 4.52 Å². The van der Waals surface area contributed by atoms with Crippen molar-refractivity contribution in [3.05, 3.63) is 46.5 Å². The number of pyridine rings is 1.